The summed E-state index contributed by atoms with van der Waals surface area (Å²) in [6.45, 7) is 2.29. The molecule has 1 aromatic heterocycles. The van der Waals surface area contributed by atoms with Crippen LogP contribution in [0.25, 0.3) is 11.4 Å². The second kappa shape index (κ2) is 11.7. The van der Waals surface area contributed by atoms with Gasteiger partial charge < -0.3 is 0 Å². The zero-order valence-corrected chi connectivity index (χ0v) is 17.9. The van der Waals surface area contributed by atoms with Crippen LogP contribution in [-0.4, -0.2) is 9.97 Å². The van der Waals surface area contributed by atoms with Crippen molar-refractivity contribution in [2.45, 2.75) is 84.0 Å². The predicted molar refractivity (Wildman–Crippen MR) is 119 cm³/mol. The van der Waals surface area contributed by atoms with Crippen molar-refractivity contribution in [2.24, 2.45) is 11.8 Å². The van der Waals surface area contributed by atoms with Gasteiger partial charge in [-0.1, -0.05) is 95.4 Å². The number of unbranched alkanes of at least 4 members (excludes halogenated alkanes) is 4. The standard InChI is InChI=1S/C26H35N3/c1-2-3-4-5-6-7-21-8-10-22(11-9-21)12-13-23-14-16-25(17-15-23)26-28-19-24(18-27)20-29-26/h14-17,19-22H,2-13H2,1H3. The summed E-state index contributed by atoms with van der Waals surface area (Å²) in [4.78, 5) is 8.56. The molecule has 0 amide bonds. The molecule has 1 saturated carbocycles. The summed E-state index contributed by atoms with van der Waals surface area (Å²) in [5.74, 6) is 2.59. The number of nitrogens with zero attached hydrogens (tertiary/aromatic N) is 3. The smallest absolute Gasteiger partial charge is 0.159 e. The number of nitriles is 1. The maximum Gasteiger partial charge on any atom is 0.159 e. The van der Waals surface area contributed by atoms with E-state index < -0.39 is 0 Å². The van der Waals surface area contributed by atoms with Crippen LogP contribution < -0.4 is 0 Å². The third-order valence-electron chi connectivity index (χ3n) is 6.52. The van der Waals surface area contributed by atoms with Crippen molar-refractivity contribution in [2.75, 3.05) is 0 Å². The van der Waals surface area contributed by atoms with Crippen molar-refractivity contribution in [1.82, 2.24) is 9.97 Å². The Morgan fingerprint density at radius 2 is 1.48 bits per heavy atom. The lowest BCUT2D eigenvalue weighted by Gasteiger charge is -2.28. The molecule has 1 aliphatic carbocycles. The van der Waals surface area contributed by atoms with Crippen molar-refractivity contribution in [3.05, 3.63) is 47.8 Å². The fraction of sp³-hybridized carbons (Fsp3) is 0.577. The number of hydrogen-bond acceptors (Lipinski definition) is 3. The molecular formula is C26H35N3. The van der Waals surface area contributed by atoms with Crippen LogP contribution >= 0.6 is 0 Å². The van der Waals surface area contributed by atoms with Crippen LogP contribution in [0.1, 0.15) is 88.7 Å². The van der Waals surface area contributed by atoms with Gasteiger partial charge in [0.2, 0.25) is 0 Å². The van der Waals surface area contributed by atoms with Crippen molar-refractivity contribution in [3.8, 4) is 17.5 Å². The highest BCUT2D eigenvalue weighted by Crippen LogP contribution is 2.34. The summed E-state index contributed by atoms with van der Waals surface area (Å²) in [5, 5.41) is 8.85. The van der Waals surface area contributed by atoms with E-state index >= 15 is 0 Å². The Hall–Kier alpha value is -2.21. The monoisotopic (exact) mass is 389 g/mol. The lowest BCUT2D eigenvalue weighted by Crippen LogP contribution is -2.15. The first-order chi connectivity index (χ1) is 14.3. The van der Waals surface area contributed by atoms with Gasteiger partial charge >= 0.3 is 0 Å². The Labute approximate surface area is 176 Å². The van der Waals surface area contributed by atoms with E-state index in [1.165, 1.54) is 82.6 Å². The summed E-state index contributed by atoms with van der Waals surface area (Å²) in [6, 6.07) is 10.7. The Balaban J connectivity index is 1.37. The molecule has 3 nitrogen and oxygen atoms in total. The number of hydrogen-bond donors (Lipinski definition) is 0. The summed E-state index contributed by atoms with van der Waals surface area (Å²) < 4.78 is 0. The van der Waals surface area contributed by atoms with Crippen LogP contribution in [0.3, 0.4) is 0 Å². The molecule has 3 rings (SSSR count). The highest BCUT2D eigenvalue weighted by atomic mass is 14.9. The van der Waals surface area contributed by atoms with Crippen molar-refractivity contribution < 1.29 is 0 Å². The molecule has 1 aromatic carbocycles. The van der Waals surface area contributed by atoms with Crippen LogP contribution in [0.4, 0.5) is 0 Å². The molecule has 0 bridgehead atoms. The summed E-state index contributed by atoms with van der Waals surface area (Å²) in [7, 11) is 0. The molecular weight excluding hydrogens is 354 g/mol. The molecule has 0 N–H and O–H groups in total. The zero-order valence-electron chi connectivity index (χ0n) is 17.9. The third kappa shape index (κ3) is 6.96. The third-order valence-corrected chi connectivity index (χ3v) is 6.52. The fourth-order valence-electron chi connectivity index (χ4n) is 4.57. The Morgan fingerprint density at radius 3 is 2.10 bits per heavy atom. The van der Waals surface area contributed by atoms with Crippen LogP contribution in [0.2, 0.25) is 0 Å². The Bertz CT molecular complexity index is 750. The zero-order chi connectivity index (χ0) is 20.3. The van der Waals surface area contributed by atoms with Crippen LogP contribution in [0, 0.1) is 23.2 Å². The van der Waals surface area contributed by atoms with Gasteiger partial charge in [-0.05, 0) is 30.2 Å². The summed E-state index contributed by atoms with van der Waals surface area (Å²) in [6.07, 6.45) is 19.9. The SMILES string of the molecule is CCCCCCCC1CCC(CCc2ccc(-c3ncc(C#N)cn3)cc2)CC1. The van der Waals surface area contributed by atoms with Gasteiger partial charge in [0.15, 0.2) is 5.82 Å². The van der Waals surface area contributed by atoms with Crippen LogP contribution in [0.15, 0.2) is 36.7 Å². The molecule has 0 aliphatic heterocycles. The first-order valence-corrected chi connectivity index (χ1v) is 11.6. The van der Waals surface area contributed by atoms with Gasteiger partial charge in [0.1, 0.15) is 6.07 Å². The second-order valence-electron chi connectivity index (χ2n) is 8.73. The average molecular weight is 390 g/mol. The maximum atomic E-state index is 8.85. The highest BCUT2D eigenvalue weighted by molar-refractivity contribution is 5.55. The molecule has 0 atom stereocenters. The quantitative estimate of drug-likeness (QED) is 0.407. The minimum atomic E-state index is 0.497. The van der Waals surface area contributed by atoms with E-state index in [9.17, 15) is 0 Å². The van der Waals surface area contributed by atoms with E-state index in [4.69, 9.17) is 5.26 Å². The lowest BCUT2D eigenvalue weighted by molar-refractivity contribution is 0.248. The molecule has 29 heavy (non-hydrogen) atoms. The first kappa shape index (κ1) is 21.5. The molecule has 1 fully saturated rings. The topological polar surface area (TPSA) is 49.6 Å². The number of rotatable bonds is 10. The summed E-state index contributed by atoms with van der Waals surface area (Å²) in [5.41, 5.74) is 2.91. The fourth-order valence-corrected chi connectivity index (χ4v) is 4.57. The Morgan fingerprint density at radius 1 is 0.862 bits per heavy atom. The van der Waals surface area contributed by atoms with Gasteiger partial charge in [0.25, 0.3) is 0 Å². The van der Waals surface area contributed by atoms with Crippen LogP contribution in [-0.2, 0) is 6.42 Å². The van der Waals surface area contributed by atoms with E-state index in [-0.39, 0.29) is 0 Å². The van der Waals surface area contributed by atoms with Crippen molar-refractivity contribution in [3.63, 3.8) is 0 Å². The molecule has 3 heteroatoms. The number of benzene rings is 1. The van der Waals surface area contributed by atoms with E-state index in [1.54, 1.807) is 12.4 Å². The molecule has 1 heterocycles. The predicted octanol–water partition coefficient (Wildman–Crippen LogP) is 7.11. The van der Waals surface area contributed by atoms with Gasteiger partial charge in [0.05, 0.1) is 5.56 Å². The molecule has 154 valence electrons. The Kier molecular flexibility index (Phi) is 8.68. The average Bonchev–Trinajstić information content (AvgIpc) is 2.79. The highest BCUT2D eigenvalue weighted by Gasteiger charge is 2.20. The number of aromatic nitrogens is 2. The van der Waals surface area contributed by atoms with E-state index in [1.807, 2.05) is 0 Å². The summed E-state index contributed by atoms with van der Waals surface area (Å²) >= 11 is 0. The van der Waals surface area contributed by atoms with E-state index in [0.717, 1.165) is 17.4 Å². The lowest BCUT2D eigenvalue weighted by atomic mass is 9.77. The normalized spacial score (nSPS) is 19.0. The van der Waals surface area contributed by atoms with Gasteiger partial charge in [-0.25, -0.2) is 9.97 Å². The molecule has 0 unspecified atom stereocenters. The van der Waals surface area contributed by atoms with Gasteiger partial charge in [-0.2, -0.15) is 5.26 Å². The number of aryl methyl sites for hydroxylation is 1. The van der Waals surface area contributed by atoms with Crippen molar-refractivity contribution in [1.29, 1.82) is 5.26 Å². The second-order valence-corrected chi connectivity index (χ2v) is 8.73. The minimum Gasteiger partial charge on any atom is -0.235 e. The molecule has 0 spiro atoms. The largest absolute Gasteiger partial charge is 0.235 e. The minimum absolute atomic E-state index is 0.497. The maximum absolute atomic E-state index is 8.85. The molecule has 2 aromatic rings. The van der Waals surface area contributed by atoms with E-state index in [0.29, 0.717) is 11.4 Å². The van der Waals surface area contributed by atoms with Gasteiger partial charge in [-0.15, -0.1) is 0 Å². The van der Waals surface area contributed by atoms with Crippen LogP contribution in [0.5, 0.6) is 0 Å². The van der Waals surface area contributed by atoms with E-state index in [2.05, 4.69) is 47.2 Å². The molecule has 0 saturated heterocycles. The van der Waals surface area contributed by atoms with Crippen molar-refractivity contribution >= 4 is 0 Å². The molecule has 1 aliphatic rings. The van der Waals surface area contributed by atoms with Gasteiger partial charge in [0, 0.05) is 18.0 Å². The first-order valence-electron chi connectivity index (χ1n) is 11.6. The molecule has 0 radical (unpaired) electrons. The van der Waals surface area contributed by atoms with Gasteiger partial charge in [-0.3, -0.25) is 0 Å².